The van der Waals surface area contributed by atoms with Gasteiger partial charge in [0, 0.05) is 11.8 Å². The Hall–Kier alpha value is -5.27. The Morgan fingerprint density at radius 3 is 1.66 bits per heavy atom. The maximum Gasteiger partial charge on any atom is 0.0731 e. The van der Waals surface area contributed by atoms with Crippen molar-refractivity contribution in [2.45, 2.75) is 26.7 Å². The zero-order chi connectivity index (χ0) is 29.6. The predicted molar refractivity (Wildman–Crippen MR) is 189 cm³/mol. The van der Waals surface area contributed by atoms with Gasteiger partial charge in [0.25, 0.3) is 0 Å². The standard InChI is InChI=1S/C43H33N/c1-3-9-29-15-21-37-39(24-29)41(34-18-16-30-11-4-6-13-32(30)25-34)38-22-20-36(43-28(2)10-8-23-44-43)27-40(38)42(37)35-19-17-31-12-5-7-14-33(31)26-35/h4-8,10-27H,3,9H2,1-2H3. The van der Waals surface area contributed by atoms with Crippen molar-refractivity contribution < 1.29 is 0 Å². The molecule has 0 spiro atoms. The Labute approximate surface area is 258 Å². The van der Waals surface area contributed by atoms with Gasteiger partial charge in [-0.25, -0.2) is 0 Å². The Morgan fingerprint density at radius 1 is 0.477 bits per heavy atom. The van der Waals surface area contributed by atoms with Crippen molar-refractivity contribution in [3.8, 4) is 33.5 Å². The van der Waals surface area contributed by atoms with Crippen LogP contribution in [0.15, 0.2) is 140 Å². The molecule has 0 saturated heterocycles. The molecule has 0 bridgehead atoms. The zero-order valence-corrected chi connectivity index (χ0v) is 25.1. The molecular formula is C43H33N. The van der Waals surface area contributed by atoms with E-state index in [1.54, 1.807) is 0 Å². The van der Waals surface area contributed by atoms with Gasteiger partial charge in [0.15, 0.2) is 0 Å². The second-order valence-electron chi connectivity index (χ2n) is 11.9. The first-order chi connectivity index (χ1) is 21.7. The molecule has 0 fully saturated rings. The minimum absolute atomic E-state index is 1.03. The molecule has 0 radical (unpaired) electrons. The van der Waals surface area contributed by atoms with E-state index in [1.807, 2.05) is 12.3 Å². The number of pyridine rings is 1. The molecule has 8 rings (SSSR count). The summed E-state index contributed by atoms with van der Waals surface area (Å²) in [6.45, 7) is 4.41. The molecule has 210 valence electrons. The van der Waals surface area contributed by atoms with Gasteiger partial charge in [0.05, 0.1) is 5.69 Å². The van der Waals surface area contributed by atoms with Gasteiger partial charge in [-0.05, 0) is 114 Å². The summed E-state index contributed by atoms with van der Waals surface area (Å²) in [4.78, 5) is 4.81. The number of aryl methyl sites for hydroxylation is 2. The molecule has 1 aromatic heterocycles. The van der Waals surface area contributed by atoms with E-state index in [4.69, 9.17) is 4.98 Å². The highest BCUT2D eigenvalue weighted by Gasteiger charge is 2.19. The largest absolute Gasteiger partial charge is 0.256 e. The van der Waals surface area contributed by atoms with E-state index in [0.29, 0.717) is 0 Å². The summed E-state index contributed by atoms with van der Waals surface area (Å²) in [7, 11) is 0. The van der Waals surface area contributed by atoms with Crippen molar-refractivity contribution in [3.63, 3.8) is 0 Å². The lowest BCUT2D eigenvalue weighted by Gasteiger charge is -2.20. The highest BCUT2D eigenvalue weighted by Crippen LogP contribution is 2.46. The lowest BCUT2D eigenvalue weighted by molar-refractivity contribution is 0.924. The van der Waals surface area contributed by atoms with Crippen molar-refractivity contribution in [2.75, 3.05) is 0 Å². The molecule has 0 saturated carbocycles. The third-order valence-corrected chi connectivity index (χ3v) is 9.08. The Morgan fingerprint density at radius 2 is 1.05 bits per heavy atom. The van der Waals surface area contributed by atoms with Crippen LogP contribution in [0.3, 0.4) is 0 Å². The van der Waals surface area contributed by atoms with Gasteiger partial charge in [-0.15, -0.1) is 0 Å². The van der Waals surface area contributed by atoms with Crippen LogP contribution >= 0.6 is 0 Å². The molecule has 0 N–H and O–H groups in total. The van der Waals surface area contributed by atoms with E-state index >= 15 is 0 Å². The maximum atomic E-state index is 4.81. The highest BCUT2D eigenvalue weighted by atomic mass is 14.7. The molecule has 8 aromatic rings. The number of aromatic nitrogens is 1. The van der Waals surface area contributed by atoms with Crippen LogP contribution in [0.5, 0.6) is 0 Å². The van der Waals surface area contributed by atoms with Gasteiger partial charge >= 0.3 is 0 Å². The van der Waals surface area contributed by atoms with Gasteiger partial charge in [0.2, 0.25) is 0 Å². The van der Waals surface area contributed by atoms with Crippen LogP contribution in [0.4, 0.5) is 0 Å². The monoisotopic (exact) mass is 563 g/mol. The first-order valence-electron chi connectivity index (χ1n) is 15.6. The number of fused-ring (bicyclic) bond motifs is 4. The molecule has 1 heteroatoms. The molecule has 0 aliphatic rings. The SMILES string of the molecule is CCCc1ccc2c(-c3ccc4ccccc4c3)c3cc(-c4ncccc4C)ccc3c(-c3ccc4ccccc4c3)c2c1. The normalized spacial score (nSPS) is 11.6. The summed E-state index contributed by atoms with van der Waals surface area (Å²) >= 11 is 0. The summed E-state index contributed by atoms with van der Waals surface area (Å²) in [5.41, 5.74) is 9.80. The van der Waals surface area contributed by atoms with E-state index < -0.39 is 0 Å². The smallest absolute Gasteiger partial charge is 0.0731 e. The van der Waals surface area contributed by atoms with Crippen LogP contribution in [0.25, 0.3) is 76.6 Å². The Balaban J connectivity index is 1.53. The lowest BCUT2D eigenvalue weighted by Crippen LogP contribution is -1.94. The lowest BCUT2D eigenvalue weighted by atomic mass is 9.83. The van der Waals surface area contributed by atoms with Gasteiger partial charge < -0.3 is 0 Å². The number of hydrogen-bond donors (Lipinski definition) is 0. The number of benzene rings is 7. The molecule has 1 nitrogen and oxygen atoms in total. The minimum Gasteiger partial charge on any atom is -0.256 e. The fourth-order valence-corrected chi connectivity index (χ4v) is 6.97. The molecule has 1 heterocycles. The molecule has 7 aromatic carbocycles. The van der Waals surface area contributed by atoms with Crippen molar-refractivity contribution in [1.82, 2.24) is 4.98 Å². The fourth-order valence-electron chi connectivity index (χ4n) is 6.97. The zero-order valence-electron chi connectivity index (χ0n) is 25.1. The van der Waals surface area contributed by atoms with Crippen LogP contribution in [-0.4, -0.2) is 4.98 Å². The highest BCUT2D eigenvalue weighted by molar-refractivity contribution is 6.22. The molecule has 0 atom stereocenters. The third kappa shape index (κ3) is 4.44. The number of nitrogens with zero attached hydrogens (tertiary/aromatic N) is 1. The summed E-state index contributed by atoms with van der Waals surface area (Å²) in [6.07, 6.45) is 4.08. The van der Waals surface area contributed by atoms with Gasteiger partial charge in [0.1, 0.15) is 0 Å². The third-order valence-electron chi connectivity index (χ3n) is 9.08. The van der Waals surface area contributed by atoms with Gasteiger partial charge in [-0.2, -0.15) is 0 Å². The van der Waals surface area contributed by atoms with Crippen LogP contribution in [0, 0.1) is 6.92 Å². The minimum atomic E-state index is 1.03. The van der Waals surface area contributed by atoms with Crippen molar-refractivity contribution in [3.05, 3.63) is 151 Å². The van der Waals surface area contributed by atoms with Crippen LogP contribution in [0.1, 0.15) is 24.5 Å². The Kier molecular flexibility index (Phi) is 6.46. The molecule has 0 aliphatic carbocycles. The molecular weight excluding hydrogens is 530 g/mol. The first-order valence-corrected chi connectivity index (χ1v) is 15.6. The van der Waals surface area contributed by atoms with Crippen molar-refractivity contribution >= 4 is 43.1 Å². The second-order valence-corrected chi connectivity index (χ2v) is 11.9. The van der Waals surface area contributed by atoms with Gasteiger partial charge in [-0.1, -0.05) is 123 Å². The maximum absolute atomic E-state index is 4.81. The topological polar surface area (TPSA) is 12.9 Å². The first kappa shape index (κ1) is 26.4. The number of hydrogen-bond acceptors (Lipinski definition) is 1. The van der Waals surface area contributed by atoms with E-state index in [2.05, 4.69) is 141 Å². The molecule has 44 heavy (non-hydrogen) atoms. The molecule has 0 unspecified atom stereocenters. The Bertz CT molecular complexity index is 2360. The van der Waals surface area contributed by atoms with E-state index in [1.165, 1.54) is 76.5 Å². The molecule has 0 aliphatic heterocycles. The summed E-state index contributed by atoms with van der Waals surface area (Å²) in [5.74, 6) is 0. The van der Waals surface area contributed by atoms with Crippen LogP contribution in [0.2, 0.25) is 0 Å². The van der Waals surface area contributed by atoms with E-state index in [9.17, 15) is 0 Å². The van der Waals surface area contributed by atoms with Crippen molar-refractivity contribution in [2.24, 2.45) is 0 Å². The quantitative estimate of drug-likeness (QED) is 0.190. The fraction of sp³-hybridized carbons (Fsp3) is 0.0930. The molecule has 0 amide bonds. The average molecular weight is 564 g/mol. The van der Waals surface area contributed by atoms with Gasteiger partial charge in [-0.3, -0.25) is 4.98 Å². The van der Waals surface area contributed by atoms with E-state index in [-0.39, 0.29) is 0 Å². The average Bonchev–Trinajstić information content (AvgIpc) is 3.07. The summed E-state index contributed by atoms with van der Waals surface area (Å²) in [5, 5.41) is 10.1. The summed E-state index contributed by atoms with van der Waals surface area (Å²) < 4.78 is 0. The van der Waals surface area contributed by atoms with Crippen molar-refractivity contribution in [1.29, 1.82) is 0 Å². The van der Waals surface area contributed by atoms with Crippen LogP contribution in [-0.2, 0) is 6.42 Å². The number of rotatable bonds is 5. The van der Waals surface area contributed by atoms with Crippen LogP contribution < -0.4 is 0 Å². The second kappa shape index (κ2) is 10.8. The summed E-state index contributed by atoms with van der Waals surface area (Å²) in [6, 6.07) is 49.4. The predicted octanol–water partition coefficient (Wildman–Crippen LogP) is 12.0. The van der Waals surface area contributed by atoms with E-state index in [0.717, 1.165) is 24.1 Å².